The number of anilines is 1. The Kier molecular flexibility index (Phi) is 5.54. The maximum absolute atomic E-state index is 11.5. The number of carbonyl (C=O) groups is 2. The van der Waals surface area contributed by atoms with E-state index in [1.54, 1.807) is 30.3 Å². The number of ether oxygens (including phenoxy) is 1. The van der Waals surface area contributed by atoms with Gasteiger partial charge in [0, 0.05) is 17.5 Å². The number of carboxylic acid groups (broad SMARTS) is 1. The highest BCUT2D eigenvalue weighted by Gasteiger charge is 2.07. The van der Waals surface area contributed by atoms with E-state index in [0.29, 0.717) is 22.3 Å². The number of hydrogen-bond acceptors (Lipinski definition) is 4. The van der Waals surface area contributed by atoms with Crippen molar-refractivity contribution in [1.82, 2.24) is 4.98 Å². The van der Waals surface area contributed by atoms with Gasteiger partial charge in [0.05, 0.1) is 18.3 Å². The van der Waals surface area contributed by atoms with Gasteiger partial charge in [-0.2, -0.15) is 0 Å². The predicted molar refractivity (Wildman–Crippen MR) is 86.0 cm³/mol. The lowest BCUT2D eigenvalue weighted by Gasteiger charge is -2.09. The molecule has 0 radical (unpaired) electrons. The fourth-order valence-electron chi connectivity index (χ4n) is 1.80. The number of aryl methyl sites for hydroxylation is 1. The molecule has 120 valence electrons. The Balaban J connectivity index is 1.96. The molecule has 7 heteroatoms. The SMILES string of the molecule is Cc1cc(Cl)ccc1Oc1ccc(NC(=O)CCC(=O)O)cn1. The van der Waals surface area contributed by atoms with E-state index in [4.69, 9.17) is 21.4 Å². The third-order valence-corrected chi connectivity index (χ3v) is 3.17. The van der Waals surface area contributed by atoms with Gasteiger partial charge in [-0.25, -0.2) is 4.98 Å². The van der Waals surface area contributed by atoms with Crippen LogP contribution in [-0.2, 0) is 9.59 Å². The van der Waals surface area contributed by atoms with Crippen molar-refractivity contribution in [3.8, 4) is 11.6 Å². The average Bonchev–Trinajstić information content (AvgIpc) is 2.50. The molecule has 0 aliphatic carbocycles. The minimum Gasteiger partial charge on any atom is -0.481 e. The van der Waals surface area contributed by atoms with E-state index in [-0.39, 0.29) is 18.7 Å². The van der Waals surface area contributed by atoms with Gasteiger partial charge in [-0.15, -0.1) is 0 Å². The van der Waals surface area contributed by atoms with Crippen LogP contribution in [0.25, 0.3) is 0 Å². The maximum atomic E-state index is 11.5. The second-order valence-corrected chi connectivity index (χ2v) is 5.28. The molecule has 23 heavy (non-hydrogen) atoms. The zero-order valence-corrected chi connectivity index (χ0v) is 13.1. The Morgan fingerprint density at radius 3 is 2.65 bits per heavy atom. The Morgan fingerprint density at radius 2 is 2.04 bits per heavy atom. The quantitative estimate of drug-likeness (QED) is 0.842. The molecule has 1 aromatic heterocycles. The molecule has 0 bridgehead atoms. The van der Waals surface area contributed by atoms with Crippen LogP contribution in [0.3, 0.4) is 0 Å². The van der Waals surface area contributed by atoms with Crippen molar-refractivity contribution < 1.29 is 19.4 Å². The molecule has 0 aliphatic heterocycles. The van der Waals surface area contributed by atoms with E-state index in [1.165, 1.54) is 6.20 Å². The topological polar surface area (TPSA) is 88.5 Å². The molecule has 0 atom stereocenters. The van der Waals surface area contributed by atoms with E-state index in [1.807, 2.05) is 6.92 Å². The molecule has 0 spiro atoms. The molecule has 1 heterocycles. The number of aliphatic carboxylic acids is 1. The van der Waals surface area contributed by atoms with E-state index in [2.05, 4.69) is 10.3 Å². The lowest BCUT2D eigenvalue weighted by atomic mass is 10.2. The van der Waals surface area contributed by atoms with Crippen molar-refractivity contribution in [1.29, 1.82) is 0 Å². The van der Waals surface area contributed by atoms with E-state index >= 15 is 0 Å². The molecule has 0 aliphatic rings. The van der Waals surface area contributed by atoms with Gasteiger partial charge in [0.15, 0.2) is 0 Å². The zero-order chi connectivity index (χ0) is 16.8. The summed E-state index contributed by atoms with van der Waals surface area (Å²) in [5.74, 6) is -0.379. The van der Waals surface area contributed by atoms with Gasteiger partial charge in [-0.1, -0.05) is 11.6 Å². The highest BCUT2D eigenvalue weighted by molar-refractivity contribution is 6.30. The maximum Gasteiger partial charge on any atom is 0.303 e. The number of halogens is 1. The molecule has 0 fully saturated rings. The van der Waals surface area contributed by atoms with Crippen molar-refractivity contribution in [2.45, 2.75) is 19.8 Å². The van der Waals surface area contributed by atoms with Gasteiger partial charge in [0.25, 0.3) is 0 Å². The van der Waals surface area contributed by atoms with Gasteiger partial charge >= 0.3 is 5.97 Å². The lowest BCUT2D eigenvalue weighted by molar-refractivity contribution is -0.138. The summed E-state index contributed by atoms with van der Waals surface area (Å²) < 4.78 is 5.64. The Morgan fingerprint density at radius 1 is 1.26 bits per heavy atom. The molecule has 0 unspecified atom stereocenters. The van der Waals surface area contributed by atoms with Gasteiger partial charge in [-0.3, -0.25) is 9.59 Å². The van der Waals surface area contributed by atoms with Crippen molar-refractivity contribution in [2.75, 3.05) is 5.32 Å². The van der Waals surface area contributed by atoms with Crippen molar-refractivity contribution in [3.05, 3.63) is 47.1 Å². The van der Waals surface area contributed by atoms with Gasteiger partial charge in [0.1, 0.15) is 5.75 Å². The first-order chi connectivity index (χ1) is 10.9. The van der Waals surface area contributed by atoms with Crippen LogP contribution in [0.1, 0.15) is 18.4 Å². The first-order valence-corrected chi connectivity index (χ1v) is 7.23. The van der Waals surface area contributed by atoms with Crippen LogP contribution in [-0.4, -0.2) is 22.0 Å². The number of pyridine rings is 1. The summed E-state index contributed by atoms with van der Waals surface area (Å²) in [5.41, 5.74) is 1.35. The van der Waals surface area contributed by atoms with Gasteiger partial charge in [0.2, 0.25) is 11.8 Å². The first-order valence-electron chi connectivity index (χ1n) is 6.86. The Labute approximate surface area is 138 Å². The molecule has 0 saturated carbocycles. The number of rotatable bonds is 6. The summed E-state index contributed by atoms with van der Waals surface area (Å²) in [6.07, 6.45) is 1.15. The molecule has 1 amide bonds. The summed E-state index contributed by atoms with van der Waals surface area (Å²) >= 11 is 5.89. The number of aromatic nitrogens is 1. The Hall–Kier alpha value is -2.60. The number of carbonyl (C=O) groups excluding carboxylic acids is 1. The number of benzene rings is 1. The van der Waals surface area contributed by atoms with Crippen LogP contribution >= 0.6 is 11.6 Å². The number of nitrogens with one attached hydrogen (secondary N) is 1. The lowest BCUT2D eigenvalue weighted by Crippen LogP contribution is -2.13. The minimum atomic E-state index is -1.01. The molecular weight excluding hydrogens is 320 g/mol. The van der Waals surface area contributed by atoms with Crippen LogP contribution in [0, 0.1) is 6.92 Å². The molecule has 2 aromatic rings. The smallest absolute Gasteiger partial charge is 0.303 e. The van der Waals surface area contributed by atoms with E-state index in [0.717, 1.165) is 5.56 Å². The second kappa shape index (κ2) is 7.60. The highest BCUT2D eigenvalue weighted by Crippen LogP contribution is 2.26. The highest BCUT2D eigenvalue weighted by atomic mass is 35.5. The largest absolute Gasteiger partial charge is 0.481 e. The molecule has 2 N–H and O–H groups in total. The van der Waals surface area contributed by atoms with Crippen LogP contribution < -0.4 is 10.1 Å². The fourth-order valence-corrected chi connectivity index (χ4v) is 2.03. The van der Waals surface area contributed by atoms with E-state index in [9.17, 15) is 9.59 Å². The van der Waals surface area contributed by atoms with Crippen LogP contribution in [0.15, 0.2) is 36.5 Å². The Bertz CT molecular complexity index is 717. The molecule has 1 aromatic carbocycles. The van der Waals surface area contributed by atoms with Crippen molar-refractivity contribution >= 4 is 29.2 Å². The standard InChI is InChI=1S/C16H15ClN2O4/c1-10-8-11(17)2-4-13(10)23-15-6-3-12(9-18-15)19-14(20)5-7-16(21)22/h2-4,6,8-9H,5,7H2,1H3,(H,19,20)(H,21,22). The van der Waals surface area contributed by atoms with E-state index < -0.39 is 5.97 Å². The third-order valence-electron chi connectivity index (χ3n) is 2.94. The minimum absolute atomic E-state index is 0.0858. The number of nitrogens with zero attached hydrogens (tertiary/aromatic N) is 1. The third kappa shape index (κ3) is 5.27. The molecule has 2 rings (SSSR count). The summed E-state index contributed by atoms with van der Waals surface area (Å²) in [6.45, 7) is 1.87. The normalized spacial score (nSPS) is 10.2. The molecular formula is C16H15ClN2O4. The monoisotopic (exact) mass is 334 g/mol. The summed E-state index contributed by atoms with van der Waals surface area (Å²) in [5, 5.41) is 11.7. The average molecular weight is 335 g/mol. The number of hydrogen-bond donors (Lipinski definition) is 2. The summed E-state index contributed by atoms with van der Waals surface area (Å²) in [7, 11) is 0. The zero-order valence-electron chi connectivity index (χ0n) is 12.4. The number of amides is 1. The first kappa shape index (κ1) is 16.8. The summed E-state index contributed by atoms with van der Waals surface area (Å²) in [6, 6.07) is 8.50. The van der Waals surface area contributed by atoms with Crippen LogP contribution in [0.4, 0.5) is 5.69 Å². The van der Waals surface area contributed by atoms with Crippen LogP contribution in [0.2, 0.25) is 5.02 Å². The van der Waals surface area contributed by atoms with Gasteiger partial charge < -0.3 is 15.2 Å². The summed E-state index contributed by atoms with van der Waals surface area (Å²) in [4.78, 5) is 26.0. The van der Waals surface area contributed by atoms with Crippen LogP contribution in [0.5, 0.6) is 11.6 Å². The predicted octanol–water partition coefficient (Wildman–Crippen LogP) is 3.64. The molecule has 0 saturated heterocycles. The van der Waals surface area contributed by atoms with Crippen molar-refractivity contribution in [2.24, 2.45) is 0 Å². The van der Waals surface area contributed by atoms with Gasteiger partial charge in [-0.05, 0) is 36.8 Å². The van der Waals surface area contributed by atoms with Crippen molar-refractivity contribution in [3.63, 3.8) is 0 Å². The second-order valence-electron chi connectivity index (χ2n) is 4.84. The number of carboxylic acids is 1. The molecule has 6 nitrogen and oxygen atoms in total. The fraction of sp³-hybridized carbons (Fsp3) is 0.188.